The zero-order valence-corrected chi connectivity index (χ0v) is 10.7. The van der Waals surface area contributed by atoms with Crippen LogP contribution in [0.4, 0.5) is 5.69 Å². The van der Waals surface area contributed by atoms with Crippen molar-refractivity contribution in [3.63, 3.8) is 0 Å². The van der Waals surface area contributed by atoms with Gasteiger partial charge < -0.3 is 10.5 Å². The van der Waals surface area contributed by atoms with E-state index in [2.05, 4.69) is 4.72 Å². The highest BCUT2D eigenvalue weighted by Gasteiger charge is 2.41. The molecule has 0 unspecified atom stereocenters. The second-order valence-electron chi connectivity index (χ2n) is 4.57. The Morgan fingerprint density at radius 2 is 2.06 bits per heavy atom. The molecule has 1 aliphatic carbocycles. The van der Waals surface area contributed by atoms with E-state index >= 15 is 0 Å². The molecule has 17 heavy (non-hydrogen) atoms. The van der Waals surface area contributed by atoms with Crippen LogP contribution >= 0.6 is 0 Å². The summed E-state index contributed by atoms with van der Waals surface area (Å²) in [6, 6.07) is 4.45. The van der Waals surface area contributed by atoms with E-state index in [1.54, 1.807) is 6.07 Å². The molecule has 0 saturated heterocycles. The van der Waals surface area contributed by atoms with Crippen molar-refractivity contribution in [3.05, 3.63) is 18.2 Å². The predicted octanol–water partition coefficient (Wildman–Crippen LogP) is 1.11. The molecule has 1 aromatic rings. The highest BCUT2D eigenvalue weighted by molar-refractivity contribution is 7.89. The lowest BCUT2D eigenvalue weighted by molar-refractivity contribution is 0.416. The minimum atomic E-state index is -3.49. The molecule has 1 saturated carbocycles. The first kappa shape index (κ1) is 12.2. The number of hydrogen-bond acceptors (Lipinski definition) is 4. The summed E-state index contributed by atoms with van der Waals surface area (Å²) in [6.45, 7) is 1.89. The standard InChI is InChI=1S/C11H16N2O3S/c1-11(5-6-11)13-17(14,15)8-3-4-10(16-2)9(12)7-8/h3-4,7,13H,5-6,12H2,1-2H3. The fourth-order valence-electron chi connectivity index (χ4n) is 1.55. The second kappa shape index (κ2) is 3.89. The lowest BCUT2D eigenvalue weighted by Crippen LogP contribution is -2.34. The lowest BCUT2D eigenvalue weighted by Gasteiger charge is -2.13. The van der Waals surface area contributed by atoms with Gasteiger partial charge in [0.2, 0.25) is 10.0 Å². The van der Waals surface area contributed by atoms with Gasteiger partial charge in [-0.2, -0.15) is 0 Å². The summed E-state index contributed by atoms with van der Waals surface area (Å²) in [7, 11) is -2.00. The number of sulfonamides is 1. The molecule has 6 heteroatoms. The van der Waals surface area contributed by atoms with Crippen molar-refractivity contribution in [2.24, 2.45) is 0 Å². The van der Waals surface area contributed by atoms with E-state index < -0.39 is 10.0 Å². The smallest absolute Gasteiger partial charge is 0.241 e. The molecule has 0 amide bonds. The summed E-state index contributed by atoms with van der Waals surface area (Å²) in [5.74, 6) is 0.474. The van der Waals surface area contributed by atoms with Gasteiger partial charge in [-0.1, -0.05) is 0 Å². The Balaban J connectivity index is 2.30. The van der Waals surface area contributed by atoms with E-state index in [1.807, 2.05) is 6.92 Å². The first-order chi connectivity index (χ1) is 7.86. The highest BCUT2D eigenvalue weighted by atomic mass is 32.2. The largest absolute Gasteiger partial charge is 0.495 e. The fraction of sp³-hybridized carbons (Fsp3) is 0.455. The van der Waals surface area contributed by atoms with Gasteiger partial charge in [0.15, 0.2) is 0 Å². The minimum absolute atomic E-state index is 0.170. The van der Waals surface area contributed by atoms with E-state index in [9.17, 15) is 8.42 Å². The molecule has 1 aliphatic rings. The molecular formula is C11H16N2O3S. The molecule has 0 atom stereocenters. The number of nitrogens with one attached hydrogen (secondary N) is 1. The van der Waals surface area contributed by atoms with E-state index in [4.69, 9.17) is 10.5 Å². The zero-order valence-electron chi connectivity index (χ0n) is 9.86. The molecule has 0 aromatic heterocycles. The van der Waals surface area contributed by atoms with Crippen molar-refractivity contribution in [2.75, 3.05) is 12.8 Å². The number of nitrogen functional groups attached to an aromatic ring is 1. The Morgan fingerprint density at radius 1 is 1.41 bits per heavy atom. The van der Waals surface area contributed by atoms with Crippen LogP contribution in [-0.2, 0) is 10.0 Å². The average molecular weight is 256 g/mol. The number of hydrogen-bond donors (Lipinski definition) is 2. The molecule has 5 nitrogen and oxygen atoms in total. The van der Waals surface area contributed by atoms with Crippen LogP contribution in [0.2, 0.25) is 0 Å². The Hall–Kier alpha value is -1.27. The third kappa shape index (κ3) is 2.53. The van der Waals surface area contributed by atoms with Crippen LogP contribution in [0.5, 0.6) is 5.75 Å². The van der Waals surface area contributed by atoms with Crippen molar-refractivity contribution >= 4 is 15.7 Å². The van der Waals surface area contributed by atoms with Crippen molar-refractivity contribution in [3.8, 4) is 5.75 Å². The topological polar surface area (TPSA) is 81.4 Å². The van der Waals surface area contributed by atoms with Crippen molar-refractivity contribution in [1.82, 2.24) is 4.72 Å². The quantitative estimate of drug-likeness (QED) is 0.791. The molecule has 2 rings (SSSR count). The van der Waals surface area contributed by atoms with Gasteiger partial charge in [0.1, 0.15) is 5.75 Å². The third-order valence-corrected chi connectivity index (χ3v) is 4.53. The van der Waals surface area contributed by atoms with Crippen LogP contribution in [-0.4, -0.2) is 21.1 Å². The van der Waals surface area contributed by atoms with Crippen LogP contribution in [0.25, 0.3) is 0 Å². The van der Waals surface area contributed by atoms with Crippen molar-refractivity contribution < 1.29 is 13.2 Å². The zero-order chi connectivity index (χ0) is 12.7. The Bertz CT molecular complexity index is 536. The SMILES string of the molecule is COc1ccc(S(=O)(=O)NC2(C)CC2)cc1N. The summed E-state index contributed by atoms with van der Waals surface area (Å²) in [6.07, 6.45) is 1.75. The molecule has 3 N–H and O–H groups in total. The van der Waals surface area contributed by atoms with Gasteiger partial charge in [0, 0.05) is 5.54 Å². The van der Waals surface area contributed by atoms with Crippen LogP contribution in [0.1, 0.15) is 19.8 Å². The number of ether oxygens (including phenoxy) is 1. The maximum absolute atomic E-state index is 12.0. The molecule has 94 valence electrons. The number of benzene rings is 1. The van der Waals surface area contributed by atoms with Crippen LogP contribution in [0, 0.1) is 0 Å². The fourth-order valence-corrected chi connectivity index (χ4v) is 3.05. The van der Waals surface area contributed by atoms with Gasteiger partial charge >= 0.3 is 0 Å². The Kier molecular flexibility index (Phi) is 2.79. The van der Waals surface area contributed by atoms with Gasteiger partial charge in [0.05, 0.1) is 17.7 Å². The first-order valence-electron chi connectivity index (χ1n) is 5.34. The summed E-state index contributed by atoms with van der Waals surface area (Å²) >= 11 is 0. The van der Waals surface area contributed by atoms with Crippen molar-refractivity contribution in [2.45, 2.75) is 30.2 Å². The molecule has 0 bridgehead atoms. The van der Waals surface area contributed by atoms with Gasteiger partial charge in [-0.05, 0) is 38.0 Å². The van der Waals surface area contributed by atoms with Gasteiger partial charge in [0.25, 0.3) is 0 Å². The summed E-state index contributed by atoms with van der Waals surface area (Å²) in [4.78, 5) is 0.170. The molecule has 1 aromatic carbocycles. The van der Waals surface area contributed by atoms with E-state index in [-0.39, 0.29) is 10.4 Å². The van der Waals surface area contributed by atoms with Gasteiger partial charge in [-0.15, -0.1) is 0 Å². The second-order valence-corrected chi connectivity index (χ2v) is 6.25. The highest BCUT2D eigenvalue weighted by Crippen LogP contribution is 2.36. The lowest BCUT2D eigenvalue weighted by atomic mass is 10.3. The Labute approximate surface area is 101 Å². The van der Waals surface area contributed by atoms with Crippen LogP contribution in [0.3, 0.4) is 0 Å². The number of anilines is 1. The van der Waals surface area contributed by atoms with Gasteiger partial charge in [-0.3, -0.25) is 0 Å². The van der Waals surface area contributed by atoms with Crippen molar-refractivity contribution in [1.29, 1.82) is 0 Å². The maximum atomic E-state index is 12.0. The molecule has 0 heterocycles. The molecule has 0 aliphatic heterocycles. The number of nitrogens with two attached hydrogens (primary N) is 1. The maximum Gasteiger partial charge on any atom is 0.241 e. The molecule has 1 fully saturated rings. The monoisotopic (exact) mass is 256 g/mol. The number of methoxy groups -OCH3 is 1. The van der Waals surface area contributed by atoms with Gasteiger partial charge in [-0.25, -0.2) is 13.1 Å². The van der Waals surface area contributed by atoms with E-state index in [1.165, 1.54) is 19.2 Å². The summed E-state index contributed by atoms with van der Waals surface area (Å²) in [5.41, 5.74) is 5.72. The Morgan fingerprint density at radius 3 is 2.53 bits per heavy atom. The molecule has 0 radical (unpaired) electrons. The molecule has 0 spiro atoms. The van der Waals surface area contributed by atoms with E-state index in [0.29, 0.717) is 11.4 Å². The first-order valence-corrected chi connectivity index (χ1v) is 6.82. The van der Waals surface area contributed by atoms with Crippen LogP contribution in [0.15, 0.2) is 23.1 Å². The van der Waals surface area contributed by atoms with Crippen LogP contribution < -0.4 is 15.2 Å². The molecular weight excluding hydrogens is 240 g/mol. The summed E-state index contributed by atoms with van der Waals surface area (Å²) in [5, 5.41) is 0. The third-order valence-electron chi connectivity index (χ3n) is 2.89. The average Bonchev–Trinajstić information content (AvgIpc) is 2.94. The van der Waals surface area contributed by atoms with E-state index in [0.717, 1.165) is 12.8 Å². The number of rotatable bonds is 4. The predicted molar refractivity (Wildman–Crippen MR) is 65.4 cm³/mol. The normalized spacial score (nSPS) is 17.8. The summed E-state index contributed by atoms with van der Waals surface area (Å²) < 4.78 is 31.7. The minimum Gasteiger partial charge on any atom is -0.495 e.